The number of anilines is 3. The van der Waals surface area contributed by atoms with Crippen LogP contribution < -0.4 is 16.0 Å². The number of nitrogens with one attached hydrogen (secondary N) is 3. The Hall–Kier alpha value is -4.72. The van der Waals surface area contributed by atoms with E-state index in [1.54, 1.807) is 33.0 Å². The number of ether oxygens (including phenoxy) is 2. The number of hydrogen-bond donors (Lipinski definition) is 3. The molecular weight excluding hydrogens is 590 g/mol. The fourth-order valence-electron chi connectivity index (χ4n) is 5.11. The molecule has 2 aliphatic rings. The van der Waals surface area contributed by atoms with Crippen molar-refractivity contribution < 1.29 is 23.9 Å². The van der Waals surface area contributed by atoms with Gasteiger partial charge in [-0.25, -0.2) is 24.4 Å². The maximum absolute atomic E-state index is 12.9. The van der Waals surface area contributed by atoms with Crippen LogP contribution in [0, 0.1) is 0 Å². The molecule has 14 nitrogen and oxygen atoms in total. The molecule has 4 heterocycles. The number of piperazine rings is 2. The molecule has 14 heteroatoms. The minimum atomic E-state index is -0.573. The molecule has 3 aromatic rings. The van der Waals surface area contributed by atoms with Crippen LogP contribution in [-0.2, 0) is 9.47 Å². The van der Waals surface area contributed by atoms with E-state index in [4.69, 9.17) is 9.47 Å². The van der Waals surface area contributed by atoms with Gasteiger partial charge < -0.3 is 29.9 Å². The quantitative estimate of drug-likeness (QED) is 0.367. The van der Waals surface area contributed by atoms with Gasteiger partial charge in [-0.3, -0.25) is 10.2 Å². The van der Waals surface area contributed by atoms with Crippen molar-refractivity contribution in [2.45, 2.75) is 58.8 Å². The van der Waals surface area contributed by atoms with Crippen LogP contribution in [0.25, 0.3) is 11.0 Å². The molecule has 1 aromatic carbocycles. The molecule has 0 bridgehead atoms. The van der Waals surface area contributed by atoms with Crippen LogP contribution in [0.4, 0.5) is 31.8 Å². The summed E-state index contributed by atoms with van der Waals surface area (Å²) in [5.41, 5.74) is 1.03. The molecule has 0 spiro atoms. The van der Waals surface area contributed by atoms with Crippen LogP contribution in [0.1, 0.15) is 53.1 Å². The van der Waals surface area contributed by atoms with E-state index in [1.807, 2.05) is 65.8 Å². The highest BCUT2D eigenvalue weighted by molar-refractivity contribution is 5.90. The van der Waals surface area contributed by atoms with Crippen LogP contribution >= 0.6 is 0 Å². The van der Waals surface area contributed by atoms with Gasteiger partial charge in [-0.2, -0.15) is 4.98 Å². The Morgan fingerprint density at radius 3 is 2.15 bits per heavy atom. The van der Waals surface area contributed by atoms with Crippen LogP contribution in [0.15, 0.2) is 42.6 Å². The molecule has 0 aliphatic carbocycles. The highest BCUT2D eigenvalue weighted by Gasteiger charge is 2.31. The summed E-state index contributed by atoms with van der Waals surface area (Å²) >= 11 is 0. The number of rotatable bonds is 4. The second kappa shape index (κ2) is 13.3. The average Bonchev–Trinajstić information content (AvgIpc) is 3.00. The Morgan fingerprint density at radius 2 is 1.48 bits per heavy atom. The number of carbonyl (C=O) groups is 3. The number of pyridine rings is 1. The lowest BCUT2D eigenvalue weighted by Gasteiger charge is -2.37. The van der Waals surface area contributed by atoms with E-state index in [-0.39, 0.29) is 24.3 Å². The Morgan fingerprint density at radius 1 is 0.826 bits per heavy atom. The van der Waals surface area contributed by atoms with Crippen LogP contribution in [0.3, 0.4) is 0 Å². The molecule has 246 valence electrons. The summed E-state index contributed by atoms with van der Waals surface area (Å²) in [6.07, 6.45) is 0.963. The van der Waals surface area contributed by atoms with Gasteiger partial charge in [0.25, 0.3) is 0 Å². The third-order valence-electron chi connectivity index (χ3n) is 7.32. The van der Waals surface area contributed by atoms with E-state index in [2.05, 4.69) is 30.9 Å². The fraction of sp³-hybridized carbons (Fsp3) is 0.500. The zero-order valence-corrected chi connectivity index (χ0v) is 27.3. The molecule has 1 atom stereocenters. The van der Waals surface area contributed by atoms with Gasteiger partial charge in [0.1, 0.15) is 17.0 Å². The maximum atomic E-state index is 12.9. The van der Waals surface area contributed by atoms with Crippen molar-refractivity contribution in [1.82, 2.24) is 35.0 Å². The Bertz CT molecular complexity index is 1560. The number of benzene rings is 1. The molecule has 0 saturated carbocycles. The first-order valence-corrected chi connectivity index (χ1v) is 15.5. The predicted molar refractivity (Wildman–Crippen MR) is 174 cm³/mol. The Kier molecular flexibility index (Phi) is 9.47. The highest BCUT2D eigenvalue weighted by Crippen LogP contribution is 2.27. The monoisotopic (exact) mass is 633 g/mol. The van der Waals surface area contributed by atoms with E-state index in [0.717, 1.165) is 16.6 Å². The largest absolute Gasteiger partial charge is 0.444 e. The van der Waals surface area contributed by atoms with Crippen molar-refractivity contribution in [2.24, 2.45) is 0 Å². The molecule has 2 fully saturated rings. The van der Waals surface area contributed by atoms with Crippen molar-refractivity contribution in [2.75, 3.05) is 56.4 Å². The van der Waals surface area contributed by atoms with Gasteiger partial charge in [0.2, 0.25) is 5.95 Å². The zero-order valence-electron chi connectivity index (χ0n) is 27.3. The van der Waals surface area contributed by atoms with Crippen molar-refractivity contribution in [3.63, 3.8) is 0 Å². The number of hydrogen-bond acceptors (Lipinski definition) is 10. The summed E-state index contributed by atoms with van der Waals surface area (Å²) in [6, 6.07) is 10.8. The van der Waals surface area contributed by atoms with E-state index >= 15 is 0 Å². The second-order valence-electron chi connectivity index (χ2n) is 13.3. The molecule has 2 aromatic heterocycles. The SMILES string of the molecule is CC(C)(C)OC(=O)N1CCN(C(=O)Nc2ccc3cnc(Nc4ccc(C5CNCCN5C(=O)OC(C)(C)C)cc4)nc3n2)CC1. The van der Waals surface area contributed by atoms with Gasteiger partial charge in [0.15, 0.2) is 5.65 Å². The zero-order chi connectivity index (χ0) is 33.1. The van der Waals surface area contributed by atoms with Gasteiger partial charge in [-0.1, -0.05) is 12.1 Å². The fourth-order valence-corrected chi connectivity index (χ4v) is 5.11. The molecule has 0 radical (unpaired) electrons. The van der Waals surface area contributed by atoms with Gasteiger partial charge in [-0.15, -0.1) is 0 Å². The molecule has 5 rings (SSSR count). The predicted octanol–water partition coefficient (Wildman–Crippen LogP) is 4.73. The summed E-state index contributed by atoms with van der Waals surface area (Å²) in [5.74, 6) is 0.709. The molecule has 46 heavy (non-hydrogen) atoms. The normalized spacial score (nSPS) is 17.4. The van der Waals surface area contributed by atoms with Gasteiger partial charge in [0.05, 0.1) is 6.04 Å². The van der Waals surface area contributed by atoms with Crippen molar-refractivity contribution >= 4 is 46.7 Å². The summed E-state index contributed by atoms with van der Waals surface area (Å²) in [7, 11) is 0. The highest BCUT2D eigenvalue weighted by atomic mass is 16.6. The number of carbonyl (C=O) groups excluding carboxylic acids is 3. The molecule has 1 unspecified atom stereocenters. The average molecular weight is 634 g/mol. The van der Waals surface area contributed by atoms with Crippen molar-refractivity contribution in [3.8, 4) is 0 Å². The lowest BCUT2D eigenvalue weighted by molar-refractivity contribution is 0.0116. The lowest BCUT2D eigenvalue weighted by Crippen LogP contribution is -2.52. The first-order chi connectivity index (χ1) is 21.7. The van der Waals surface area contributed by atoms with E-state index in [0.29, 0.717) is 63.2 Å². The third-order valence-corrected chi connectivity index (χ3v) is 7.32. The third kappa shape index (κ3) is 8.50. The number of amides is 4. The first-order valence-electron chi connectivity index (χ1n) is 15.5. The van der Waals surface area contributed by atoms with Crippen molar-refractivity contribution in [1.29, 1.82) is 0 Å². The lowest BCUT2D eigenvalue weighted by atomic mass is 10.0. The van der Waals surface area contributed by atoms with Crippen molar-refractivity contribution in [3.05, 3.63) is 48.2 Å². The molecular formula is C32H43N9O5. The maximum Gasteiger partial charge on any atom is 0.410 e. The number of aromatic nitrogens is 3. The van der Waals surface area contributed by atoms with Gasteiger partial charge in [0, 0.05) is 63.1 Å². The van der Waals surface area contributed by atoms with Crippen LogP contribution in [-0.4, -0.2) is 105 Å². The van der Waals surface area contributed by atoms with E-state index in [9.17, 15) is 14.4 Å². The smallest absolute Gasteiger partial charge is 0.410 e. The molecule has 4 amide bonds. The Labute approximate surface area is 268 Å². The summed E-state index contributed by atoms with van der Waals surface area (Å²) in [5, 5.41) is 10.1. The van der Waals surface area contributed by atoms with E-state index < -0.39 is 11.2 Å². The molecule has 2 saturated heterocycles. The minimum Gasteiger partial charge on any atom is -0.444 e. The molecule has 3 N–H and O–H groups in total. The topological polar surface area (TPSA) is 154 Å². The number of urea groups is 1. The van der Waals surface area contributed by atoms with Gasteiger partial charge >= 0.3 is 18.2 Å². The van der Waals surface area contributed by atoms with E-state index in [1.165, 1.54) is 0 Å². The summed E-state index contributed by atoms with van der Waals surface area (Å²) < 4.78 is 11.1. The number of fused-ring (bicyclic) bond motifs is 1. The summed E-state index contributed by atoms with van der Waals surface area (Å²) in [4.78, 5) is 56.6. The standard InChI is InChI=1S/C32H43N9O5/c1-31(2,3)45-29(43)40-17-15-39(16-18-40)28(42)37-25-12-9-22-19-34-27(38-26(22)36-25)35-23-10-7-21(8-11-23)24-20-33-13-14-41(24)30(44)46-32(4,5)6/h7-12,19,24,33H,13-18,20H2,1-6H3,(H2,34,35,36,37,38,42). The Balaban J connectivity index is 1.19. The van der Waals surface area contributed by atoms with Crippen LogP contribution in [0.5, 0.6) is 0 Å². The number of nitrogens with zero attached hydrogens (tertiary/aromatic N) is 6. The summed E-state index contributed by atoms with van der Waals surface area (Å²) in [6.45, 7) is 14.5. The molecule has 2 aliphatic heterocycles. The van der Waals surface area contributed by atoms with Gasteiger partial charge in [-0.05, 0) is 71.4 Å². The second-order valence-corrected chi connectivity index (χ2v) is 13.3. The first kappa shape index (κ1) is 32.7. The van der Waals surface area contributed by atoms with Crippen LogP contribution in [0.2, 0.25) is 0 Å². The minimum absolute atomic E-state index is 0.152.